The maximum atomic E-state index is 13.5. The van der Waals surface area contributed by atoms with Crippen LogP contribution in [0.1, 0.15) is 11.1 Å². The standard InChI is InChI=1S/C25H21FN2O4/c1-15-4-10-19(11-5-15)28-24(29)22(16-6-8-17(26)9-7-16)23(25(28)30)27-18-12-20(31-2)14-21(13-18)32-3/h4-14,27H,1-3H3. The van der Waals surface area contributed by atoms with Gasteiger partial charge < -0.3 is 14.8 Å². The molecule has 2 amide bonds. The van der Waals surface area contributed by atoms with Gasteiger partial charge in [0.2, 0.25) is 0 Å². The van der Waals surface area contributed by atoms with Crippen molar-refractivity contribution in [3.63, 3.8) is 0 Å². The number of carbonyl (C=O) groups excluding carboxylic acids is 2. The predicted octanol–water partition coefficient (Wildman–Crippen LogP) is 4.55. The minimum Gasteiger partial charge on any atom is -0.497 e. The summed E-state index contributed by atoms with van der Waals surface area (Å²) in [6.07, 6.45) is 0. The molecule has 0 saturated carbocycles. The predicted molar refractivity (Wildman–Crippen MR) is 120 cm³/mol. The molecule has 32 heavy (non-hydrogen) atoms. The summed E-state index contributed by atoms with van der Waals surface area (Å²) >= 11 is 0. The average molecular weight is 432 g/mol. The number of ether oxygens (including phenoxy) is 2. The van der Waals surface area contributed by atoms with Crippen LogP contribution in [0.3, 0.4) is 0 Å². The molecule has 0 unspecified atom stereocenters. The van der Waals surface area contributed by atoms with Crippen molar-refractivity contribution in [3.8, 4) is 11.5 Å². The molecule has 0 radical (unpaired) electrons. The van der Waals surface area contributed by atoms with Gasteiger partial charge in [-0.2, -0.15) is 0 Å². The average Bonchev–Trinajstić information content (AvgIpc) is 3.04. The van der Waals surface area contributed by atoms with E-state index in [1.807, 2.05) is 19.1 Å². The Hall–Kier alpha value is -4.13. The summed E-state index contributed by atoms with van der Waals surface area (Å²) < 4.78 is 24.1. The van der Waals surface area contributed by atoms with Crippen LogP contribution in [-0.2, 0) is 9.59 Å². The summed E-state index contributed by atoms with van der Waals surface area (Å²) in [7, 11) is 3.04. The summed E-state index contributed by atoms with van der Waals surface area (Å²) in [5.41, 5.74) is 2.61. The molecule has 1 N–H and O–H groups in total. The van der Waals surface area contributed by atoms with E-state index in [1.165, 1.54) is 38.5 Å². The third kappa shape index (κ3) is 3.92. The third-order valence-electron chi connectivity index (χ3n) is 5.13. The van der Waals surface area contributed by atoms with Gasteiger partial charge in [-0.25, -0.2) is 9.29 Å². The molecule has 7 heteroatoms. The highest BCUT2D eigenvalue weighted by atomic mass is 19.1. The van der Waals surface area contributed by atoms with Gasteiger partial charge in [-0.15, -0.1) is 0 Å². The largest absolute Gasteiger partial charge is 0.497 e. The van der Waals surface area contributed by atoms with Crippen molar-refractivity contribution in [2.45, 2.75) is 6.92 Å². The molecule has 0 bridgehead atoms. The molecule has 0 aromatic heterocycles. The summed E-state index contributed by atoms with van der Waals surface area (Å²) in [4.78, 5) is 27.9. The van der Waals surface area contributed by atoms with Crippen LogP contribution in [0.5, 0.6) is 11.5 Å². The van der Waals surface area contributed by atoms with E-state index in [-0.39, 0.29) is 11.3 Å². The Labute approximate surface area is 184 Å². The van der Waals surface area contributed by atoms with E-state index in [0.29, 0.717) is 28.4 Å². The summed E-state index contributed by atoms with van der Waals surface area (Å²) in [5.74, 6) is -0.415. The zero-order valence-corrected chi connectivity index (χ0v) is 17.8. The number of nitrogens with zero attached hydrogens (tertiary/aromatic N) is 1. The Morgan fingerprint density at radius 1 is 0.812 bits per heavy atom. The first-order valence-corrected chi connectivity index (χ1v) is 9.87. The maximum absolute atomic E-state index is 13.5. The Morgan fingerprint density at radius 2 is 1.41 bits per heavy atom. The maximum Gasteiger partial charge on any atom is 0.282 e. The third-order valence-corrected chi connectivity index (χ3v) is 5.13. The molecular formula is C25H21FN2O4. The number of benzene rings is 3. The second kappa shape index (κ2) is 8.55. The van der Waals surface area contributed by atoms with Crippen molar-refractivity contribution >= 4 is 28.8 Å². The molecule has 4 rings (SSSR count). The lowest BCUT2D eigenvalue weighted by atomic mass is 10.0. The van der Waals surface area contributed by atoms with Gasteiger partial charge in [-0.05, 0) is 36.8 Å². The van der Waals surface area contributed by atoms with Gasteiger partial charge in [0, 0.05) is 23.9 Å². The molecule has 162 valence electrons. The van der Waals surface area contributed by atoms with Crippen molar-refractivity contribution in [2.75, 3.05) is 24.4 Å². The zero-order chi connectivity index (χ0) is 22.8. The Kier molecular flexibility index (Phi) is 5.64. The van der Waals surface area contributed by atoms with Gasteiger partial charge in [-0.1, -0.05) is 29.8 Å². The number of aryl methyl sites for hydroxylation is 1. The summed E-state index contributed by atoms with van der Waals surface area (Å²) in [6.45, 7) is 1.92. The van der Waals surface area contributed by atoms with Crippen LogP contribution >= 0.6 is 0 Å². The number of amides is 2. The van der Waals surface area contributed by atoms with Gasteiger partial charge in [0.05, 0.1) is 25.5 Å². The molecule has 0 fully saturated rings. The van der Waals surface area contributed by atoms with Crippen LogP contribution in [0.4, 0.5) is 15.8 Å². The molecule has 6 nitrogen and oxygen atoms in total. The number of rotatable bonds is 6. The van der Waals surface area contributed by atoms with Crippen LogP contribution in [0.2, 0.25) is 0 Å². The highest BCUT2D eigenvalue weighted by molar-refractivity contribution is 6.46. The van der Waals surface area contributed by atoms with E-state index >= 15 is 0 Å². The first kappa shape index (κ1) is 21.1. The number of methoxy groups -OCH3 is 2. The highest BCUT2D eigenvalue weighted by Gasteiger charge is 2.40. The number of hydrogen-bond donors (Lipinski definition) is 1. The lowest BCUT2D eigenvalue weighted by Gasteiger charge is -2.16. The number of halogens is 1. The normalized spacial score (nSPS) is 13.6. The lowest BCUT2D eigenvalue weighted by Crippen LogP contribution is -2.32. The Morgan fingerprint density at radius 3 is 1.97 bits per heavy atom. The molecular weight excluding hydrogens is 411 g/mol. The first-order chi connectivity index (χ1) is 15.4. The molecule has 3 aromatic carbocycles. The van der Waals surface area contributed by atoms with Gasteiger partial charge in [-0.3, -0.25) is 9.59 Å². The van der Waals surface area contributed by atoms with Crippen LogP contribution < -0.4 is 19.7 Å². The van der Waals surface area contributed by atoms with Gasteiger partial charge in [0.15, 0.2) is 0 Å². The molecule has 3 aromatic rings. The van der Waals surface area contributed by atoms with Crippen LogP contribution in [-0.4, -0.2) is 26.0 Å². The highest BCUT2D eigenvalue weighted by Crippen LogP contribution is 2.35. The number of hydrogen-bond acceptors (Lipinski definition) is 5. The summed E-state index contributed by atoms with van der Waals surface area (Å²) in [6, 6.07) is 17.6. The smallest absolute Gasteiger partial charge is 0.282 e. The Bertz CT molecular complexity index is 1200. The van der Waals surface area contributed by atoms with Crippen LogP contribution in [0.25, 0.3) is 5.57 Å². The number of carbonyl (C=O) groups is 2. The van der Waals surface area contributed by atoms with E-state index < -0.39 is 17.6 Å². The molecule has 0 atom stereocenters. The van der Waals surface area contributed by atoms with Crippen molar-refractivity contribution in [1.82, 2.24) is 0 Å². The van der Waals surface area contributed by atoms with Crippen molar-refractivity contribution < 1.29 is 23.5 Å². The summed E-state index contributed by atoms with van der Waals surface area (Å²) in [5, 5.41) is 3.06. The monoisotopic (exact) mass is 432 g/mol. The van der Waals surface area contributed by atoms with Crippen molar-refractivity contribution in [3.05, 3.63) is 89.4 Å². The minimum atomic E-state index is -0.514. The van der Waals surface area contributed by atoms with Crippen molar-refractivity contribution in [1.29, 1.82) is 0 Å². The van der Waals surface area contributed by atoms with Crippen LogP contribution in [0.15, 0.2) is 72.4 Å². The molecule has 0 saturated heterocycles. The van der Waals surface area contributed by atoms with E-state index in [2.05, 4.69) is 5.32 Å². The number of nitrogens with one attached hydrogen (secondary N) is 1. The number of anilines is 2. The fourth-order valence-corrected chi connectivity index (χ4v) is 3.48. The minimum absolute atomic E-state index is 0.0810. The van der Waals surface area contributed by atoms with Gasteiger partial charge >= 0.3 is 0 Å². The van der Waals surface area contributed by atoms with Gasteiger partial charge in [0.25, 0.3) is 11.8 Å². The molecule has 0 aliphatic carbocycles. The topological polar surface area (TPSA) is 67.9 Å². The zero-order valence-electron chi connectivity index (χ0n) is 17.8. The second-order valence-electron chi connectivity index (χ2n) is 7.26. The fraction of sp³-hybridized carbons (Fsp3) is 0.120. The SMILES string of the molecule is COc1cc(NC2=C(c3ccc(F)cc3)C(=O)N(c3ccc(C)cc3)C2=O)cc(OC)c1. The van der Waals surface area contributed by atoms with Crippen LogP contribution in [0, 0.1) is 12.7 Å². The number of imide groups is 1. The molecule has 1 aliphatic heterocycles. The quantitative estimate of drug-likeness (QED) is 0.579. The van der Waals surface area contributed by atoms with E-state index in [9.17, 15) is 14.0 Å². The van der Waals surface area contributed by atoms with E-state index in [4.69, 9.17) is 9.47 Å². The lowest BCUT2D eigenvalue weighted by molar-refractivity contribution is -0.120. The van der Waals surface area contributed by atoms with E-state index in [0.717, 1.165) is 10.5 Å². The van der Waals surface area contributed by atoms with Gasteiger partial charge in [0.1, 0.15) is 23.0 Å². The second-order valence-corrected chi connectivity index (χ2v) is 7.26. The molecule has 0 spiro atoms. The Balaban J connectivity index is 1.82. The first-order valence-electron chi connectivity index (χ1n) is 9.87. The van der Waals surface area contributed by atoms with E-state index in [1.54, 1.807) is 30.3 Å². The fourth-order valence-electron chi connectivity index (χ4n) is 3.48. The molecule has 1 heterocycles. The molecule has 1 aliphatic rings. The van der Waals surface area contributed by atoms with Crippen molar-refractivity contribution in [2.24, 2.45) is 0 Å².